The van der Waals surface area contributed by atoms with Gasteiger partial charge >= 0.3 is 0 Å². The highest BCUT2D eigenvalue weighted by atomic mass is 16.6. The first kappa shape index (κ1) is 11.4. The lowest BCUT2D eigenvalue weighted by Gasteiger charge is -2.16. The zero-order valence-electron chi connectivity index (χ0n) is 10.1. The van der Waals surface area contributed by atoms with Crippen LogP contribution in [0.1, 0.15) is 36.3 Å². The highest BCUT2D eigenvalue weighted by molar-refractivity contribution is 5.73. The molecule has 18 heavy (non-hydrogen) atoms. The van der Waals surface area contributed by atoms with Crippen LogP contribution in [0.5, 0.6) is 0 Å². The van der Waals surface area contributed by atoms with Gasteiger partial charge in [-0.05, 0) is 36.3 Å². The standard InChI is InChI=1S/C14H15NO3/c16-15(17)13-3-1-2-12(14(13)11-4-5-11)10-6-8-18-9-7-10/h1-3,6,11H,4-5,7-9H2. The summed E-state index contributed by atoms with van der Waals surface area (Å²) in [4.78, 5) is 10.9. The molecular weight excluding hydrogens is 230 g/mol. The lowest BCUT2D eigenvalue weighted by Crippen LogP contribution is -2.06. The maximum Gasteiger partial charge on any atom is 0.273 e. The minimum Gasteiger partial charge on any atom is -0.377 e. The number of nitrogens with zero attached hydrogens (tertiary/aromatic N) is 1. The zero-order chi connectivity index (χ0) is 12.5. The van der Waals surface area contributed by atoms with Gasteiger partial charge in [-0.3, -0.25) is 10.1 Å². The van der Waals surface area contributed by atoms with Gasteiger partial charge in [0.15, 0.2) is 0 Å². The van der Waals surface area contributed by atoms with E-state index in [2.05, 4.69) is 6.08 Å². The third-order valence-electron chi connectivity index (χ3n) is 3.57. The van der Waals surface area contributed by atoms with Crippen LogP contribution < -0.4 is 0 Å². The molecule has 3 rings (SSSR count). The highest BCUT2D eigenvalue weighted by Crippen LogP contribution is 2.47. The summed E-state index contributed by atoms with van der Waals surface area (Å²) < 4.78 is 5.30. The van der Waals surface area contributed by atoms with Crippen LogP contribution in [0.2, 0.25) is 0 Å². The maximum absolute atomic E-state index is 11.2. The van der Waals surface area contributed by atoms with E-state index in [-0.39, 0.29) is 10.6 Å². The van der Waals surface area contributed by atoms with Gasteiger partial charge in [-0.2, -0.15) is 0 Å². The van der Waals surface area contributed by atoms with Crippen molar-refractivity contribution in [3.05, 3.63) is 45.5 Å². The Morgan fingerprint density at radius 1 is 1.33 bits per heavy atom. The number of ether oxygens (including phenoxy) is 1. The summed E-state index contributed by atoms with van der Waals surface area (Å²) in [6, 6.07) is 5.42. The van der Waals surface area contributed by atoms with E-state index in [4.69, 9.17) is 4.74 Å². The lowest BCUT2D eigenvalue weighted by atomic mass is 9.92. The first-order chi connectivity index (χ1) is 8.77. The molecule has 94 valence electrons. The Bertz CT molecular complexity index is 518. The predicted molar refractivity (Wildman–Crippen MR) is 68.5 cm³/mol. The summed E-state index contributed by atoms with van der Waals surface area (Å²) in [5, 5.41) is 11.2. The van der Waals surface area contributed by atoms with Gasteiger partial charge in [0.1, 0.15) is 0 Å². The Balaban J connectivity index is 2.10. The largest absolute Gasteiger partial charge is 0.377 e. The Hall–Kier alpha value is -1.68. The van der Waals surface area contributed by atoms with E-state index in [1.807, 2.05) is 6.07 Å². The van der Waals surface area contributed by atoms with Gasteiger partial charge in [0.25, 0.3) is 5.69 Å². The number of hydrogen-bond acceptors (Lipinski definition) is 3. The van der Waals surface area contributed by atoms with Crippen molar-refractivity contribution in [2.75, 3.05) is 13.2 Å². The second kappa shape index (κ2) is 4.53. The topological polar surface area (TPSA) is 52.4 Å². The molecule has 1 fully saturated rings. The number of hydrogen-bond donors (Lipinski definition) is 0. The van der Waals surface area contributed by atoms with E-state index in [9.17, 15) is 10.1 Å². The quantitative estimate of drug-likeness (QED) is 0.606. The summed E-state index contributed by atoms with van der Waals surface area (Å²) in [6.07, 6.45) is 5.04. The molecule has 0 radical (unpaired) electrons. The molecular formula is C14H15NO3. The molecule has 0 N–H and O–H groups in total. The van der Waals surface area contributed by atoms with Crippen LogP contribution in [0.15, 0.2) is 24.3 Å². The maximum atomic E-state index is 11.2. The Morgan fingerprint density at radius 3 is 2.78 bits per heavy atom. The average molecular weight is 245 g/mol. The van der Waals surface area contributed by atoms with Crippen LogP contribution >= 0.6 is 0 Å². The van der Waals surface area contributed by atoms with E-state index in [1.165, 1.54) is 5.57 Å². The average Bonchev–Trinajstić information content (AvgIpc) is 3.23. The Kier molecular flexibility index (Phi) is 2.88. The van der Waals surface area contributed by atoms with E-state index >= 15 is 0 Å². The third-order valence-corrected chi connectivity index (χ3v) is 3.57. The van der Waals surface area contributed by atoms with E-state index < -0.39 is 0 Å². The summed E-state index contributed by atoms with van der Waals surface area (Å²) in [5.41, 5.74) is 3.49. The van der Waals surface area contributed by atoms with Crippen LogP contribution in [-0.2, 0) is 4.74 Å². The summed E-state index contributed by atoms with van der Waals surface area (Å²) in [7, 11) is 0. The number of rotatable bonds is 3. The molecule has 1 aromatic carbocycles. The zero-order valence-corrected chi connectivity index (χ0v) is 10.1. The van der Waals surface area contributed by atoms with Crippen LogP contribution in [0.4, 0.5) is 5.69 Å². The minimum absolute atomic E-state index is 0.253. The Labute approximate surface area is 105 Å². The molecule has 0 unspecified atom stereocenters. The molecule has 1 heterocycles. The monoisotopic (exact) mass is 245 g/mol. The second-order valence-electron chi connectivity index (χ2n) is 4.82. The fourth-order valence-corrected chi connectivity index (χ4v) is 2.56. The van der Waals surface area contributed by atoms with Crippen molar-refractivity contribution >= 4 is 11.3 Å². The van der Waals surface area contributed by atoms with Gasteiger partial charge < -0.3 is 4.74 Å². The van der Waals surface area contributed by atoms with Gasteiger partial charge in [-0.25, -0.2) is 0 Å². The van der Waals surface area contributed by atoms with Gasteiger partial charge in [0.05, 0.1) is 18.1 Å². The molecule has 4 nitrogen and oxygen atoms in total. The predicted octanol–water partition coefficient (Wildman–Crippen LogP) is 3.28. The highest BCUT2D eigenvalue weighted by Gasteiger charge is 2.33. The molecule has 1 aromatic rings. The van der Waals surface area contributed by atoms with E-state index in [1.54, 1.807) is 12.1 Å². The minimum atomic E-state index is -0.253. The molecule has 0 bridgehead atoms. The van der Waals surface area contributed by atoms with Crippen molar-refractivity contribution < 1.29 is 9.66 Å². The van der Waals surface area contributed by atoms with Crippen LogP contribution in [0.3, 0.4) is 0 Å². The number of nitro benzene ring substituents is 1. The Morgan fingerprint density at radius 2 is 2.17 bits per heavy atom. The molecule has 1 saturated carbocycles. The normalized spacial score (nSPS) is 19.4. The van der Waals surface area contributed by atoms with Crippen molar-refractivity contribution in [1.29, 1.82) is 0 Å². The molecule has 0 aromatic heterocycles. The van der Waals surface area contributed by atoms with Crippen LogP contribution in [-0.4, -0.2) is 18.1 Å². The molecule has 1 aliphatic carbocycles. The van der Waals surface area contributed by atoms with E-state index in [0.29, 0.717) is 19.1 Å². The van der Waals surface area contributed by atoms with Gasteiger partial charge in [0.2, 0.25) is 0 Å². The number of nitro groups is 1. The summed E-state index contributed by atoms with van der Waals surface area (Å²) in [5.74, 6) is 0.380. The summed E-state index contributed by atoms with van der Waals surface area (Å²) >= 11 is 0. The van der Waals surface area contributed by atoms with Crippen molar-refractivity contribution in [3.8, 4) is 0 Å². The van der Waals surface area contributed by atoms with Gasteiger partial charge in [-0.15, -0.1) is 0 Å². The molecule has 0 saturated heterocycles. The smallest absolute Gasteiger partial charge is 0.273 e. The first-order valence-corrected chi connectivity index (χ1v) is 6.32. The van der Waals surface area contributed by atoms with Gasteiger partial charge in [-0.1, -0.05) is 18.2 Å². The van der Waals surface area contributed by atoms with Crippen LogP contribution in [0, 0.1) is 10.1 Å². The second-order valence-corrected chi connectivity index (χ2v) is 4.82. The van der Waals surface area contributed by atoms with Crippen molar-refractivity contribution in [1.82, 2.24) is 0 Å². The van der Waals surface area contributed by atoms with Crippen molar-refractivity contribution in [2.24, 2.45) is 0 Å². The molecule has 0 amide bonds. The molecule has 1 aliphatic heterocycles. The van der Waals surface area contributed by atoms with Crippen LogP contribution in [0.25, 0.3) is 5.57 Å². The molecule has 2 aliphatic rings. The first-order valence-electron chi connectivity index (χ1n) is 6.32. The SMILES string of the molecule is O=[N+]([O-])c1cccc(C2=CCOCC2)c1C1CC1. The van der Waals surface area contributed by atoms with Crippen molar-refractivity contribution in [3.63, 3.8) is 0 Å². The third kappa shape index (κ3) is 2.04. The fraction of sp³-hybridized carbons (Fsp3) is 0.429. The van der Waals surface area contributed by atoms with Gasteiger partial charge in [0, 0.05) is 11.6 Å². The van der Waals surface area contributed by atoms with E-state index in [0.717, 1.165) is 30.4 Å². The number of benzene rings is 1. The summed E-state index contributed by atoms with van der Waals surface area (Å²) in [6.45, 7) is 1.32. The molecule has 0 spiro atoms. The van der Waals surface area contributed by atoms with Crippen molar-refractivity contribution in [2.45, 2.75) is 25.2 Å². The molecule has 4 heteroatoms. The lowest BCUT2D eigenvalue weighted by molar-refractivity contribution is -0.385. The molecule has 0 atom stereocenters. The fourth-order valence-electron chi connectivity index (χ4n) is 2.56.